The highest BCUT2D eigenvalue weighted by Crippen LogP contribution is 2.36. The number of carbonyl (C=O) groups excluding carboxylic acids is 1. The molecule has 1 saturated heterocycles. The summed E-state index contributed by atoms with van der Waals surface area (Å²) in [5.41, 5.74) is 4.39. The molecule has 6 rings (SSSR count). The molecule has 7 nitrogen and oxygen atoms in total. The summed E-state index contributed by atoms with van der Waals surface area (Å²) in [7, 11) is 2.10. The molecule has 5 heterocycles. The number of fused-ring (bicyclic) bond motifs is 5. The highest BCUT2D eigenvalue weighted by Gasteiger charge is 2.35. The normalized spacial score (nSPS) is 19.7. The van der Waals surface area contributed by atoms with Gasteiger partial charge in [-0.2, -0.15) is 0 Å². The van der Waals surface area contributed by atoms with Crippen molar-refractivity contribution >= 4 is 22.5 Å². The second kappa shape index (κ2) is 8.25. The minimum absolute atomic E-state index is 0.114. The quantitative estimate of drug-likeness (QED) is 0.513. The molecule has 0 unspecified atom stereocenters. The molecule has 1 N–H and O–H groups in total. The van der Waals surface area contributed by atoms with Crippen LogP contribution < -0.4 is 10.9 Å². The predicted molar refractivity (Wildman–Crippen MR) is 132 cm³/mol. The predicted octanol–water partition coefficient (Wildman–Crippen LogP) is 3.61. The van der Waals surface area contributed by atoms with Gasteiger partial charge in [-0.15, -0.1) is 0 Å². The van der Waals surface area contributed by atoms with Crippen LogP contribution in [0.1, 0.15) is 34.0 Å². The van der Waals surface area contributed by atoms with E-state index in [0.717, 1.165) is 31.7 Å². The molecule has 0 saturated carbocycles. The molecule has 0 radical (unpaired) electrons. The second-order valence-corrected chi connectivity index (χ2v) is 9.55. The zero-order valence-electron chi connectivity index (χ0n) is 19.1. The zero-order chi connectivity index (χ0) is 23.2. The highest BCUT2D eigenvalue weighted by atomic mass is 16.2. The Labute approximate surface area is 197 Å². The van der Waals surface area contributed by atoms with Crippen molar-refractivity contribution in [3.8, 4) is 0 Å². The summed E-state index contributed by atoms with van der Waals surface area (Å²) >= 11 is 0. The number of amides is 1. The Morgan fingerprint density at radius 3 is 2.74 bits per heavy atom. The fraction of sp³-hybridized carbons (Fsp3) is 0.296. The first-order chi connectivity index (χ1) is 16.6. The number of carbonyl (C=O) groups is 1. The monoisotopic (exact) mass is 453 g/mol. The largest absolute Gasteiger partial charge is 0.350 e. The van der Waals surface area contributed by atoms with E-state index in [4.69, 9.17) is 0 Å². The summed E-state index contributed by atoms with van der Waals surface area (Å²) in [6.45, 7) is 3.51. The lowest BCUT2D eigenvalue weighted by atomic mass is 9.83. The molecule has 4 aromatic rings. The molecule has 2 aliphatic rings. The van der Waals surface area contributed by atoms with Crippen LogP contribution in [0.2, 0.25) is 0 Å². The number of nitrogens with one attached hydrogen (secondary N) is 1. The SMILES string of the molecule is Cn1cc(CN2C[C@H]3C[C@H](C2)c2ccc(NC(=O)c4ccncc4)c(=O)n2C3)c2ccccc21. The molecule has 2 aliphatic heterocycles. The number of benzene rings is 1. The van der Waals surface area contributed by atoms with Gasteiger partial charge in [0.1, 0.15) is 5.69 Å². The van der Waals surface area contributed by atoms with Crippen molar-refractivity contribution in [2.45, 2.75) is 25.4 Å². The van der Waals surface area contributed by atoms with E-state index in [9.17, 15) is 9.59 Å². The lowest BCUT2D eigenvalue weighted by Gasteiger charge is -2.43. The maximum Gasteiger partial charge on any atom is 0.274 e. The average molecular weight is 454 g/mol. The van der Waals surface area contributed by atoms with Gasteiger partial charge in [0, 0.05) is 79.9 Å². The Hall–Kier alpha value is -3.71. The van der Waals surface area contributed by atoms with E-state index in [2.05, 4.69) is 57.3 Å². The van der Waals surface area contributed by atoms with Gasteiger partial charge in [0.25, 0.3) is 11.5 Å². The van der Waals surface area contributed by atoms with Crippen LogP contribution in [0.15, 0.2) is 71.9 Å². The van der Waals surface area contributed by atoms with Crippen LogP contribution >= 0.6 is 0 Å². The maximum absolute atomic E-state index is 13.3. The van der Waals surface area contributed by atoms with Crippen molar-refractivity contribution in [2.24, 2.45) is 13.0 Å². The first-order valence-electron chi connectivity index (χ1n) is 11.8. The standard InChI is InChI=1S/C27H27N5O2/c1-30-15-21(22-4-2-3-5-25(22)30)17-31-13-18-12-20(16-31)24-7-6-23(27(34)32(24)14-18)29-26(33)19-8-10-28-11-9-19/h2-11,15,18,20H,12-14,16-17H2,1H3,(H,29,33)/t18-,20-/m1/s1. The summed E-state index contributed by atoms with van der Waals surface area (Å²) < 4.78 is 4.09. The zero-order valence-corrected chi connectivity index (χ0v) is 19.1. The van der Waals surface area contributed by atoms with Gasteiger partial charge in [0.15, 0.2) is 0 Å². The Bertz CT molecular complexity index is 1440. The summed E-state index contributed by atoms with van der Waals surface area (Å²) in [5.74, 6) is 0.447. The Morgan fingerprint density at radius 2 is 1.88 bits per heavy atom. The van der Waals surface area contributed by atoms with Crippen LogP contribution in [0.4, 0.5) is 5.69 Å². The topological polar surface area (TPSA) is 72.2 Å². The van der Waals surface area contributed by atoms with Crippen LogP contribution in [0, 0.1) is 5.92 Å². The molecule has 34 heavy (non-hydrogen) atoms. The fourth-order valence-corrected chi connectivity index (χ4v) is 5.76. The number of hydrogen-bond donors (Lipinski definition) is 1. The number of rotatable bonds is 4. The Morgan fingerprint density at radius 1 is 1.06 bits per heavy atom. The van der Waals surface area contributed by atoms with Crippen molar-refractivity contribution in [3.63, 3.8) is 0 Å². The van der Waals surface area contributed by atoms with Gasteiger partial charge < -0.3 is 14.5 Å². The third-order valence-electron chi connectivity index (χ3n) is 7.24. The van der Waals surface area contributed by atoms with E-state index in [1.54, 1.807) is 30.6 Å². The molecule has 7 heteroatoms. The number of likely N-dealkylation sites (tertiary alicyclic amines) is 1. The van der Waals surface area contributed by atoms with Gasteiger partial charge in [-0.3, -0.25) is 19.5 Å². The number of aromatic nitrogens is 3. The number of nitrogens with zero attached hydrogens (tertiary/aromatic N) is 4. The van der Waals surface area contributed by atoms with Crippen molar-refractivity contribution < 1.29 is 4.79 Å². The van der Waals surface area contributed by atoms with Crippen molar-refractivity contribution in [1.82, 2.24) is 19.0 Å². The summed E-state index contributed by atoms with van der Waals surface area (Å²) in [6, 6.07) is 15.6. The van der Waals surface area contributed by atoms with Gasteiger partial charge in [0.2, 0.25) is 0 Å². The molecule has 1 amide bonds. The first kappa shape index (κ1) is 20.9. The molecule has 2 bridgehead atoms. The Balaban J connectivity index is 1.23. The van der Waals surface area contributed by atoms with Crippen LogP contribution in [0.25, 0.3) is 10.9 Å². The highest BCUT2D eigenvalue weighted by molar-refractivity contribution is 6.04. The van der Waals surface area contributed by atoms with E-state index in [0.29, 0.717) is 29.6 Å². The molecule has 0 spiro atoms. The van der Waals surface area contributed by atoms with Gasteiger partial charge in [-0.1, -0.05) is 18.2 Å². The molecular formula is C27H27N5O2. The van der Waals surface area contributed by atoms with E-state index < -0.39 is 0 Å². The molecular weight excluding hydrogens is 426 g/mol. The number of para-hydroxylation sites is 1. The van der Waals surface area contributed by atoms with Crippen molar-refractivity contribution in [3.05, 3.63) is 94.3 Å². The third-order valence-corrected chi connectivity index (χ3v) is 7.24. The Kier molecular flexibility index (Phi) is 5.07. The minimum Gasteiger partial charge on any atom is -0.350 e. The van der Waals surface area contributed by atoms with Gasteiger partial charge in [-0.25, -0.2) is 0 Å². The van der Waals surface area contributed by atoms with E-state index in [-0.39, 0.29) is 11.5 Å². The molecule has 2 atom stereocenters. The average Bonchev–Trinajstić information content (AvgIpc) is 3.17. The molecule has 3 aromatic heterocycles. The van der Waals surface area contributed by atoms with Crippen LogP contribution in [0.3, 0.4) is 0 Å². The summed E-state index contributed by atoms with van der Waals surface area (Å²) in [4.78, 5) is 32.3. The third kappa shape index (κ3) is 3.62. The van der Waals surface area contributed by atoms with Gasteiger partial charge >= 0.3 is 0 Å². The lowest BCUT2D eigenvalue weighted by molar-refractivity contribution is 0.102. The van der Waals surface area contributed by atoms with E-state index in [1.165, 1.54) is 16.5 Å². The van der Waals surface area contributed by atoms with Gasteiger partial charge in [0.05, 0.1) is 0 Å². The fourth-order valence-electron chi connectivity index (χ4n) is 5.76. The number of pyridine rings is 2. The molecule has 172 valence electrons. The first-order valence-corrected chi connectivity index (χ1v) is 11.8. The number of piperidine rings is 1. The van der Waals surface area contributed by atoms with Crippen LogP contribution in [-0.2, 0) is 20.1 Å². The van der Waals surface area contributed by atoms with Crippen LogP contribution in [-0.4, -0.2) is 38.0 Å². The smallest absolute Gasteiger partial charge is 0.274 e. The van der Waals surface area contributed by atoms with E-state index >= 15 is 0 Å². The van der Waals surface area contributed by atoms with Crippen molar-refractivity contribution in [1.29, 1.82) is 0 Å². The number of anilines is 1. The van der Waals surface area contributed by atoms with Gasteiger partial charge in [-0.05, 0) is 48.2 Å². The lowest BCUT2D eigenvalue weighted by Crippen LogP contribution is -2.47. The molecule has 0 aliphatic carbocycles. The number of hydrogen-bond acceptors (Lipinski definition) is 4. The second-order valence-electron chi connectivity index (χ2n) is 9.55. The summed E-state index contributed by atoms with van der Waals surface area (Å²) in [5, 5.41) is 4.10. The molecule has 1 aromatic carbocycles. The molecule has 1 fully saturated rings. The summed E-state index contributed by atoms with van der Waals surface area (Å²) in [6.07, 6.45) is 6.49. The van der Waals surface area contributed by atoms with Crippen LogP contribution in [0.5, 0.6) is 0 Å². The number of aryl methyl sites for hydroxylation is 1. The minimum atomic E-state index is -0.294. The van der Waals surface area contributed by atoms with E-state index in [1.807, 2.05) is 10.6 Å². The van der Waals surface area contributed by atoms with Crippen molar-refractivity contribution in [2.75, 3.05) is 18.4 Å². The maximum atomic E-state index is 13.3.